The number of rotatable bonds is 4. The van der Waals surface area contributed by atoms with Gasteiger partial charge in [-0.05, 0) is 44.2 Å². The highest BCUT2D eigenvalue weighted by Gasteiger charge is 2.15. The van der Waals surface area contributed by atoms with E-state index in [2.05, 4.69) is 10.0 Å². The number of hydrogen-bond donors (Lipinski definition) is 2. The maximum atomic E-state index is 11.5. The Morgan fingerprint density at radius 3 is 2.24 bits per heavy atom. The van der Waals surface area contributed by atoms with Crippen LogP contribution in [-0.4, -0.2) is 21.5 Å². The molecule has 0 radical (unpaired) electrons. The van der Waals surface area contributed by atoms with Crippen LogP contribution in [0.2, 0.25) is 0 Å². The second-order valence-corrected chi connectivity index (χ2v) is 6.24. The molecule has 0 heterocycles. The van der Waals surface area contributed by atoms with Gasteiger partial charge in [0, 0.05) is 11.7 Å². The van der Waals surface area contributed by atoms with Gasteiger partial charge in [-0.3, -0.25) is 0 Å². The predicted octanol–water partition coefficient (Wildman–Crippen LogP) is 1.95. The lowest BCUT2D eigenvalue weighted by Gasteiger charge is -2.13. The van der Waals surface area contributed by atoms with Gasteiger partial charge in [0.2, 0.25) is 10.0 Å². The van der Waals surface area contributed by atoms with Gasteiger partial charge in [-0.1, -0.05) is 12.8 Å². The normalized spacial score (nSPS) is 17.2. The Morgan fingerprint density at radius 1 is 1.12 bits per heavy atom. The molecule has 1 fully saturated rings. The largest absolute Gasteiger partial charge is 0.382 e. The third kappa shape index (κ3) is 2.98. The minimum atomic E-state index is -3.32. The van der Waals surface area contributed by atoms with Crippen LogP contribution in [-0.2, 0) is 10.0 Å². The van der Waals surface area contributed by atoms with E-state index in [9.17, 15) is 8.42 Å². The van der Waals surface area contributed by atoms with Crippen molar-refractivity contribution in [2.45, 2.75) is 36.6 Å². The lowest BCUT2D eigenvalue weighted by Crippen LogP contribution is -2.18. The van der Waals surface area contributed by atoms with Gasteiger partial charge in [0.1, 0.15) is 0 Å². The van der Waals surface area contributed by atoms with Crippen LogP contribution in [0.25, 0.3) is 0 Å². The van der Waals surface area contributed by atoms with Crippen molar-refractivity contribution >= 4 is 15.7 Å². The first kappa shape index (κ1) is 12.4. The zero-order valence-corrected chi connectivity index (χ0v) is 10.8. The van der Waals surface area contributed by atoms with Crippen molar-refractivity contribution in [3.63, 3.8) is 0 Å². The fourth-order valence-corrected chi connectivity index (χ4v) is 2.88. The molecule has 0 atom stereocenters. The van der Waals surface area contributed by atoms with Crippen molar-refractivity contribution in [2.24, 2.45) is 0 Å². The molecule has 1 aromatic rings. The second-order valence-electron chi connectivity index (χ2n) is 4.36. The van der Waals surface area contributed by atoms with Crippen LogP contribution in [0.4, 0.5) is 5.69 Å². The maximum absolute atomic E-state index is 11.5. The Labute approximate surface area is 102 Å². The van der Waals surface area contributed by atoms with Gasteiger partial charge in [-0.15, -0.1) is 0 Å². The summed E-state index contributed by atoms with van der Waals surface area (Å²) < 4.78 is 25.4. The van der Waals surface area contributed by atoms with Crippen molar-refractivity contribution in [3.8, 4) is 0 Å². The van der Waals surface area contributed by atoms with E-state index in [0.717, 1.165) is 5.69 Å². The Balaban J connectivity index is 2.07. The summed E-state index contributed by atoms with van der Waals surface area (Å²) in [5, 5.41) is 3.42. The summed E-state index contributed by atoms with van der Waals surface area (Å²) in [7, 11) is -1.90. The third-order valence-corrected chi connectivity index (χ3v) is 4.59. The van der Waals surface area contributed by atoms with E-state index in [0.29, 0.717) is 10.9 Å². The predicted molar refractivity (Wildman–Crippen MR) is 68.6 cm³/mol. The summed E-state index contributed by atoms with van der Waals surface area (Å²) >= 11 is 0. The summed E-state index contributed by atoms with van der Waals surface area (Å²) in [5.41, 5.74) is 0.993. The van der Waals surface area contributed by atoms with Gasteiger partial charge in [0.15, 0.2) is 0 Å². The Morgan fingerprint density at radius 2 is 1.71 bits per heavy atom. The zero-order chi connectivity index (χ0) is 12.3. The minimum Gasteiger partial charge on any atom is -0.382 e. The highest BCUT2D eigenvalue weighted by Crippen LogP contribution is 2.22. The fraction of sp³-hybridized carbons (Fsp3) is 0.500. The van der Waals surface area contributed by atoms with Crippen LogP contribution < -0.4 is 10.0 Å². The molecule has 0 spiro atoms. The summed E-state index contributed by atoms with van der Waals surface area (Å²) in [4.78, 5) is 0.303. The molecule has 1 aliphatic rings. The van der Waals surface area contributed by atoms with E-state index in [1.54, 1.807) is 12.1 Å². The summed E-state index contributed by atoms with van der Waals surface area (Å²) in [6, 6.07) is 7.44. The molecule has 0 aromatic heterocycles. The lowest BCUT2D eigenvalue weighted by atomic mass is 10.2. The Hall–Kier alpha value is -1.07. The van der Waals surface area contributed by atoms with Crippen LogP contribution >= 0.6 is 0 Å². The monoisotopic (exact) mass is 254 g/mol. The second kappa shape index (κ2) is 5.06. The number of benzene rings is 1. The van der Waals surface area contributed by atoms with Gasteiger partial charge < -0.3 is 5.32 Å². The molecule has 5 heteroatoms. The van der Waals surface area contributed by atoms with Gasteiger partial charge >= 0.3 is 0 Å². The van der Waals surface area contributed by atoms with Crippen molar-refractivity contribution in [2.75, 3.05) is 12.4 Å². The molecular weight excluding hydrogens is 236 g/mol. The Bertz CT molecular complexity index is 462. The third-order valence-electron chi connectivity index (χ3n) is 3.16. The van der Waals surface area contributed by atoms with E-state index in [4.69, 9.17) is 0 Å². The molecule has 0 amide bonds. The molecule has 4 nitrogen and oxygen atoms in total. The van der Waals surface area contributed by atoms with Crippen LogP contribution in [0.15, 0.2) is 29.2 Å². The van der Waals surface area contributed by atoms with Gasteiger partial charge in [-0.2, -0.15) is 0 Å². The number of anilines is 1. The number of nitrogens with one attached hydrogen (secondary N) is 2. The SMILES string of the molecule is CNS(=O)(=O)c1ccc(NC2CCCC2)cc1. The molecule has 2 rings (SSSR count). The molecule has 2 N–H and O–H groups in total. The number of hydrogen-bond acceptors (Lipinski definition) is 3. The van der Waals surface area contributed by atoms with Crippen LogP contribution in [0.1, 0.15) is 25.7 Å². The quantitative estimate of drug-likeness (QED) is 0.863. The summed E-state index contributed by atoms with van der Waals surface area (Å²) in [5.74, 6) is 0. The van der Waals surface area contributed by atoms with Crippen molar-refractivity contribution in [1.29, 1.82) is 0 Å². The standard InChI is InChI=1S/C12H18N2O2S/c1-13-17(15,16)12-8-6-11(7-9-12)14-10-4-2-3-5-10/h6-10,13-14H,2-5H2,1H3. The van der Waals surface area contributed by atoms with Gasteiger partial charge in [0.05, 0.1) is 4.90 Å². The molecule has 1 aliphatic carbocycles. The minimum absolute atomic E-state index is 0.303. The van der Waals surface area contributed by atoms with E-state index in [-0.39, 0.29) is 0 Å². The van der Waals surface area contributed by atoms with E-state index < -0.39 is 10.0 Å². The lowest BCUT2D eigenvalue weighted by molar-refractivity contribution is 0.588. The molecule has 0 bridgehead atoms. The van der Waals surface area contributed by atoms with E-state index in [1.165, 1.54) is 32.7 Å². The van der Waals surface area contributed by atoms with E-state index >= 15 is 0 Å². The van der Waals surface area contributed by atoms with E-state index in [1.807, 2.05) is 12.1 Å². The molecular formula is C12H18N2O2S. The summed E-state index contributed by atoms with van der Waals surface area (Å²) in [6.07, 6.45) is 4.97. The molecule has 0 saturated heterocycles. The smallest absolute Gasteiger partial charge is 0.240 e. The van der Waals surface area contributed by atoms with Crippen molar-refractivity contribution < 1.29 is 8.42 Å². The first-order valence-corrected chi connectivity index (χ1v) is 7.40. The topological polar surface area (TPSA) is 58.2 Å². The molecule has 1 saturated carbocycles. The van der Waals surface area contributed by atoms with Crippen molar-refractivity contribution in [3.05, 3.63) is 24.3 Å². The van der Waals surface area contributed by atoms with Crippen LogP contribution in [0.3, 0.4) is 0 Å². The molecule has 0 aliphatic heterocycles. The van der Waals surface area contributed by atoms with Crippen LogP contribution in [0, 0.1) is 0 Å². The highest BCUT2D eigenvalue weighted by molar-refractivity contribution is 7.89. The molecule has 0 unspecified atom stereocenters. The average Bonchev–Trinajstić information content (AvgIpc) is 2.83. The average molecular weight is 254 g/mol. The Kier molecular flexibility index (Phi) is 3.69. The maximum Gasteiger partial charge on any atom is 0.240 e. The van der Waals surface area contributed by atoms with Crippen LogP contribution in [0.5, 0.6) is 0 Å². The molecule has 17 heavy (non-hydrogen) atoms. The first-order chi connectivity index (χ1) is 8.12. The van der Waals surface area contributed by atoms with Gasteiger partial charge in [0.25, 0.3) is 0 Å². The number of sulfonamides is 1. The van der Waals surface area contributed by atoms with Gasteiger partial charge in [-0.25, -0.2) is 13.1 Å². The first-order valence-electron chi connectivity index (χ1n) is 5.92. The van der Waals surface area contributed by atoms with Crippen molar-refractivity contribution in [1.82, 2.24) is 4.72 Å². The summed E-state index contributed by atoms with van der Waals surface area (Å²) in [6.45, 7) is 0. The fourth-order valence-electron chi connectivity index (χ4n) is 2.15. The molecule has 1 aromatic carbocycles. The molecule has 94 valence electrons. The zero-order valence-electron chi connectivity index (χ0n) is 9.94. The highest BCUT2D eigenvalue weighted by atomic mass is 32.2.